The largest absolute Gasteiger partial charge is 0.309 e. The maximum atomic E-state index is 5.92. The summed E-state index contributed by atoms with van der Waals surface area (Å²) in [5.41, 5.74) is 2.29. The molecule has 19 heavy (non-hydrogen) atoms. The molecule has 5 heteroatoms. The van der Waals surface area contributed by atoms with Crippen LogP contribution in [0.5, 0.6) is 0 Å². The van der Waals surface area contributed by atoms with Gasteiger partial charge in [-0.25, -0.2) is 0 Å². The number of rotatable bonds is 6. The van der Waals surface area contributed by atoms with Gasteiger partial charge in [0.15, 0.2) is 0 Å². The predicted octanol–water partition coefficient (Wildman–Crippen LogP) is 3.78. The predicted molar refractivity (Wildman–Crippen MR) is 80.8 cm³/mol. The van der Waals surface area contributed by atoms with Gasteiger partial charge in [0.05, 0.1) is 10.6 Å². The van der Waals surface area contributed by atoms with Crippen molar-refractivity contribution in [3.05, 3.63) is 45.4 Å². The lowest BCUT2D eigenvalue weighted by molar-refractivity contribution is 0.533. The monoisotopic (exact) mass is 295 g/mol. The Balaban J connectivity index is 2.14. The van der Waals surface area contributed by atoms with Gasteiger partial charge in [0.1, 0.15) is 0 Å². The van der Waals surface area contributed by atoms with Gasteiger partial charge in [-0.1, -0.05) is 35.1 Å². The highest BCUT2D eigenvalue weighted by Crippen LogP contribution is 2.24. The van der Waals surface area contributed by atoms with Crippen LogP contribution in [0.3, 0.4) is 0 Å². The second-order valence-corrected chi connectivity index (χ2v) is 5.78. The van der Waals surface area contributed by atoms with Crippen LogP contribution in [-0.4, -0.2) is 16.1 Å². The van der Waals surface area contributed by atoms with Crippen molar-refractivity contribution in [3.8, 4) is 0 Å². The lowest BCUT2D eigenvalue weighted by Gasteiger charge is -2.17. The highest BCUT2D eigenvalue weighted by Gasteiger charge is 2.17. The van der Waals surface area contributed by atoms with Gasteiger partial charge in [-0.3, -0.25) is 0 Å². The molecule has 1 heterocycles. The van der Waals surface area contributed by atoms with Gasteiger partial charge in [0.25, 0.3) is 0 Å². The van der Waals surface area contributed by atoms with E-state index >= 15 is 0 Å². The van der Waals surface area contributed by atoms with Gasteiger partial charge in [0.2, 0.25) is 0 Å². The molecule has 0 bridgehead atoms. The number of hydrogen-bond donors (Lipinski definition) is 1. The number of halogens is 1. The summed E-state index contributed by atoms with van der Waals surface area (Å²) in [6.45, 7) is 5.18. The molecule has 1 unspecified atom stereocenters. The average Bonchev–Trinajstić information content (AvgIpc) is 2.83. The van der Waals surface area contributed by atoms with Gasteiger partial charge in [0, 0.05) is 11.1 Å². The zero-order valence-corrected chi connectivity index (χ0v) is 12.8. The molecule has 0 saturated heterocycles. The van der Waals surface area contributed by atoms with E-state index in [0.717, 1.165) is 30.1 Å². The number of aromatic nitrogens is 2. The Hall–Kier alpha value is -0.970. The van der Waals surface area contributed by atoms with E-state index in [0.29, 0.717) is 0 Å². The number of benzene rings is 1. The van der Waals surface area contributed by atoms with Crippen molar-refractivity contribution < 1.29 is 0 Å². The Bertz CT molecular complexity index is 510. The molecule has 102 valence electrons. The van der Waals surface area contributed by atoms with E-state index in [1.54, 1.807) is 0 Å². The Labute approximate surface area is 123 Å². The molecule has 0 radical (unpaired) electrons. The normalized spacial score (nSPS) is 12.6. The molecule has 0 fully saturated rings. The van der Waals surface area contributed by atoms with E-state index in [9.17, 15) is 0 Å². The molecule has 0 aliphatic carbocycles. The van der Waals surface area contributed by atoms with Crippen LogP contribution in [0, 0.1) is 6.92 Å². The summed E-state index contributed by atoms with van der Waals surface area (Å²) < 4.78 is 4.04. The fraction of sp³-hybridized carbons (Fsp3) is 0.429. The van der Waals surface area contributed by atoms with Crippen LogP contribution in [-0.2, 0) is 6.42 Å². The van der Waals surface area contributed by atoms with E-state index in [2.05, 4.69) is 34.0 Å². The van der Waals surface area contributed by atoms with E-state index in [-0.39, 0.29) is 6.04 Å². The molecule has 0 aliphatic heterocycles. The molecule has 0 saturated carbocycles. The van der Waals surface area contributed by atoms with Crippen molar-refractivity contribution >= 4 is 23.1 Å². The highest BCUT2D eigenvalue weighted by molar-refractivity contribution is 7.05. The second-order valence-electron chi connectivity index (χ2n) is 4.56. The van der Waals surface area contributed by atoms with Crippen LogP contribution in [0.25, 0.3) is 0 Å². The first-order valence-electron chi connectivity index (χ1n) is 6.47. The summed E-state index contributed by atoms with van der Waals surface area (Å²) in [4.78, 5) is 1.23. The second kappa shape index (κ2) is 6.98. The zero-order valence-electron chi connectivity index (χ0n) is 11.2. The van der Waals surface area contributed by atoms with E-state index in [1.165, 1.54) is 22.0 Å². The summed E-state index contributed by atoms with van der Waals surface area (Å²) in [6, 6.07) is 8.30. The molecule has 1 aromatic heterocycles. The topological polar surface area (TPSA) is 37.8 Å². The third kappa shape index (κ3) is 4.00. The molecule has 1 N–H and O–H groups in total. The molecular weight excluding hydrogens is 278 g/mol. The smallest absolute Gasteiger partial charge is 0.0772 e. The summed E-state index contributed by atoms with van der Waals surface area (Å²) in [6.07, 6.45) is 2.05. The quantitative estimate of drug-likeness (QED) is 0.881. The van der Waals surface area contributed by atoms with Crippen LogP contribution in [0.1, 0.15) is 35.5 Å². The number of nitrogens with zero attached hydrogens (tertiary/aromatic N) is 2. The minimum absolute atomic E-state index is 0.279. The van der Waals surface area contributed by atoms with Gasteiger partial charge >= 0.3 is 0 Å². The molecule has 0 aliphatic rings. The third-order valence-electron chi connectivity index (χ3n) is 3.00. The molecule has 0 amide bonds. The number of hydrogen-bond acceptors (Lipinski definition) is 4. The Kier molecular flexibility index (Phi) is 5.31. The SMILES string of the molecule is CCCNC(Cc1ccc(Cl)cc1)c1snnc1C. The van der Waals surface area contributed by atoms with Crippen LogP contribution < -0.4 is 5.32 Å². The summed E-state index contributed by atoms with van der Waals surface area (Å²) in [7, 11) is 0. The van der Waals surface area contributed by atoms with Crippen molar-refractivity contribution in [1.29, 1.82) is 0 Å². The van der Waals surface area contributed by atoms with E-state index in [1.807, 2.05) is 19.1 Å². The first kappa shape index (κ1) is 14.4. The summed E-state index contributed by atoms with van der Waals surface area (Å²) in [5.74, 6) is 0. The summed E-state index contributed by atoms with van der Waals surface area (Å²) >= 11 is 7.40. The first-order valence-corrected chi connectivity index (χ1v) is 7.62. The van der Waals surface area contributed by atoms with Gasteiger partial charge in [-0.2, -0.15) is 0 Å². The van der Waals surface area contributed by atoms with Crippen LogP contribution in [0.2, 0.25) is 5.02 Å². The van der Waals surface area contributed by atoms with Crippen molar-refractivity contribution in [2.45, 2.75) is 32.7 Å². The maximum absolute atomic E-state index is 5.92. The lowest BCUT2D eigenvalue weighted by atomic mass is 10.0. The molecule has 2 aromatic rings. The third-order valence-corrected chi connectivity index (χ3v) is 4.19. The van der Waals surface area contributed by atoms with E-state index in [4.69, 9.17) is 11.6 Å². The molecular formula is C14H18ClN3S. The van der Waals surface area contributed by atoms with Gasteiger partial charge in [-0.05, 0) is 55.5 Å². The molecule has 1 aromatic carbocycles. The first-order chi connectivity index (χ1) is 9.20. The van der Waals surface area contributed by atoms with Crippen molar-refractivity contribution in [2.75, 3.05) is 6.54 Å². The Morgan fingerprint density at radius 3 is 2.63 bits per heavy atom. The van der Waals surface area contributed by atoms with Gasteiger partial charge < -0.3 is 5.32 Å². The maximum Gasteiger partial charge on any atom is 0.0772 e. The van der Waals surface area contributed by atoms with Crippen molar-refractivity contribution in [3.63, 3.8) is 0 Å². The molecule has 3 nitrogen and oxygen atoms in total. The number of aryl methyl sites for hydroxylation is 1. The molecule has 0 spiro atoms. The Morgan fingerprint density at radius 2 is 2.05 bits per heavy atom. The number of nitrogens with one attached hydrogen (secondary N) is 1. The fourth-order valence-electron chi connectivity index (χ4n) is 1.99. The highest BCUT2D eigenvalue weighted by atomic mass is 35.5. The fourth-order valence-corrected chi connectivity index (χ4v) is 2.83. The molecule has 2 rings (SSSR count). The standard InChI is InChI=1S/C14H18ClN3S/c1-3-8-16-13(14-10(2)17-18-19-14)9-11-4-6-12(15)7-5-11/h4-7,13,16H,3,8-9H2,1-2H3. The lowest BCUT2D eigenvalue weighted by Crippen LogP contribution is -2.24. The van der Waals surface area contributed by atoms with Gasteiger partial charge in [-0.15, -0.1) is 5.10 Å². The average molecular weight is 296 g/mol. The van der Waals surface area contributed by atoms with Crippen molar-refractivity contribution in [1.82, 2.24) is 14.9 Å². The van der Waals surface area contributed by atoms with Crippen molar-refractivity contribution in [2.24, 2.45) is 0 Å². The summed E-state index contributed by atoms with van der Waals surface area (Å²) in [5, 5.41) is 8.46. The minimum atomic E-state index is 0.279. The van der Waals surface area contributed by atoms with Crippen LogP contribution >= 0.6 is 23.1 Å². The molecule has 1 atom stereocenters. The Morgan fingerprint density at radius 1 is 1.32 bits per heavy atom. The van der Waals surface area contributed by atoms with E-state index < -0.39 is 0 Å². The zero-order chi connectivity index (χ0) is 13.7. The van der Waals surface area contributed by atoms with Crippen LogP contribution in [0.15, 0.2) is 24.3 Å². The van der Waals surface area contributed by atoms with Crippen LogP contribution in [0.4, 0.5) is 0 Å². The minimum Gasteiger partial charge on any atom is -0.309 e.